The van der Waals surface area contributed by atoms with Gasteiger partial charge in [0.1, 0.15) is 47.3 Å². The smallest absolute Gasteiger partial charge is 0.331 e. The molecule has 0 unspecified atom stereocenters. The van der Waals surface area contributed by atoms with E-state index in [0.29, 0.717) is 11.1 Å². The molecule has 0 saturated carbocycles. The fourth-order valence-electron chi connectivity index (χ4n) is 4.77. The van der Waals surface area contributed by atoms with Gasteiger partial charge < -0.3 is 44.2 Å². The standard InChI is InChI=1S/C29H30O12/c1-13-8-18(33)24(27-23(13)19(34)11-16(39-27)9-14(2)31)28-29(26(37)25(36)21(12-30)40-28)41-22(35)7-5-15-4-6-17(32)20(10-15)38-3/h4-8,10-11,21,25-26,28-30,32-33,36-37H,9,12H2,1-3H3/b7-5+/t21-,25-,26+,28-,29-/m1/s1. The highest BCUT2D eigenvalue weighted by Crippen LogP contribution is 2.42. The van der Waals surface area contributed by atoms with Gasteiger partial charge in [0, 0.05) is 12.1 Å². The van der Waals surface area contributed by atoms with E-state index in [9.17, 15) is 39.9 Å². The first kappa shape index (κ1) is 29.7. The third kappa shape index (κ3) is 6.10. The number of fused-ring (bicyclic) bond motifs is 1. The molecular formula is C29H30O12. The Morgan fingerprint density at radius 2 is 1.80 bits per heavy atom. The molecular weight excluding hydrogens is 540 g/mol. The molecule has 3 aromatic rings. The average molecular weight is 571 g/mol. The number of carbonyl (C=O) groups excluding carboxylic acids is 2. The number of aromatic hydroxyl groups is 2. The lowest BCUT2D eigenvalue weighted by Crippen LogP contribution is -2.56. The van der Waals surface area contributed by atoms with Gasteiger partial charge in [-0.1, -0.05) is 6.07 Å². The normalized spacial score (nSPS) is 22.6. The van der Waals surface area contributed by atoms with Crippen molar-refractivity contribution in [1.29, 1.82) is 0 Å². The molecule has 1 aliphatic rings. The predicted octanol–water partition coefficient (Wildman–Crippen LogP) is 1.43. The van der Waals surface area contributed by atoms with Gasteiger partial charge in [-0.2, -0.15) is 0 Å². The third-order valence-electron chi connectivity index (χ3n) is 6.71. The lowest BCUT2D eigenvalue weighted by atomic mass is 9.89. The lowest BCUT2D eigenvalue weighted by Gasteiger charge is -2.42. The Balaban J connectivity index is 1.78. The van der Waals surface area contributed by atoms with Crippen LogP contribution in [0.4, 0.5) is 0 Å². The Bertz CT molecular complexity index is 1560. The van der Waals surface area contributed by atoms with Crippen LogP contribution in [0, 0.1) is 6.92 Å². The van der Waals surface area contributed by atoms with Crippen molar-refractivity contribution in [2.45, 2.75) is 50.8 Å². The number of phenols is 2. The monoisotopic (exact) mass is 570 g/mol. The number of carbonyl (C=O) groups is 2. The van der Waals surface area contributed by atoms with Gasteiger partial charge in [0.15, 0.2) is 23.0 Å². The van der Waals surface area contributed by atoms with Gasteiger partial charge in [0.05, 0.1) is 31.1 Å². The van der Waals surface area contributed by atoms with Gasteiger partial charge in [0.2, 0.25) is 0 Å². The van der Waals surface area contributed by atoms with Crippen LogP contribution in [0.3, 0.4) is 0 Å². The van der Waals surface area contributed by atoms with E-state index in [0.717, 1.165) is 12.1 Å². The molecule has 5 N–H and O–H groups in total. The van der Waals surface area contributed by atoms with Crippen LogP contribution in [0.1, 0.15) is 35.5 Å². The number of hydrogen-bond acceptors (Lipinski definition) is 12. The fraction of sp³-hybridized carbons (Fsp3) is 0.345. The number of aliphatic hydroxyl groups is 3. The number of esters is 1. The van der Waals surface area contributed by atoms with Crippen molar-refractivity contribution < 1.29 is 53.7 Å². The molecule has 0 bridgehead atoms. The summed E-state index contributed by atoms with van der Waals surface area (Å²) in [5.74, 6) is -1.62. The van der Waals surface area contributed by atoms with E-state index in [2.05, 4.69) is 0 Å². The first-order valence-corrected chi connectivity index (χ1v) is 12.6. The number of aryl methyl sites for hydroxylation is 1. The molecule has 12 nitrogen and oxygen atoms in total. The summed E-state index contributed by atoms with van der Waals surface area (Å²) in [6, 6.07) is 6.77. The van der Waals surface area contributed by atoms with Crippen molar-refractivity contribution >= 4 is 28.8 Å². The number of benzene rings is 2. The molecule has 0 amide bonds. The van der Waals surface area contributed by atoms with Gasteiger partial charge in [-0.3, -0.25) is 9.59 Å². The SMILES string of the molecule is COc1cc(/C=C/C(=O)O[C@@H]2[C@@H](O)[C@H](O)[C@@H](CO)O[C@@H]2c2c(O)cc(C)c3c(=O)cc(CC(C)=O)oc23)ccc1O. The summed E-state index contributed by atoms with van der Waals surface area (Å²) in [7, 11) is 1.36. The molecule has 218 valence electrons. The Morgan fingerprint density at radius 1 is 1.07 bits per heavy atom. The molecule has 1 aromatic heterocycles. The predicted molar refractivity (Wildman–Crippen MR) is 144 cm³/mol. The van der Waals surface area contributed by atoms with Crippen LogP contribution in [0.25, 0.3) is 17.0 Å². The largest absolute Gasteiger partial charge is 0.507 e. The number of Topliss-reactive ketones (excluding diaryl/α,β-unsaturated/α-hetero) is 1. The second kappa shape index (κ2) is 12.1. The lowest BCUT2D eigenvalue weighted by molar-refractivity contribution is -0.239. The van der Waals surface area contributed by atoms with E-state index in [1.54, 1.807) is 6.92 Å². The summed E-state index contributed by atoms with van der Waals surface area (Å²) in [5, 5.41) is 52.1. The van der Waals surface area contributed by atoms with Crippen molar-refractivity contribution in [3.05, 3.63) is 69.1 Å². The fourth-order valence-corrected chi connectivity index (χ4v) is 4.77. The summed E-state index contributed by atoms with van der Waals surface area (Å²) >= 11 is 0. The highest BCUT2D eigenvalue weighted by atomic mass is 16.6. The van der Waals surface area contributed by atoms with Crippen molar-refractivity contribution in [2.24, 2.45) is 0 Å². The summed E-state index contributed by atoms with van der Waals surface area (Å²) in [4.78, 5) is 37.6. The zero-order valence-corrected chi connectivity index (χ0v) is 22.4. The van der Waals surface area contributed by atoms with Crippen molar-refractivity contribution in [3.8, 4) is 17.2 Å². The van der Waals surface area contributed by atoms with Crippen LogP contribution in [0.5, 0.6) is 17.2 Å². The molecule has 2 aromatic carbocycles. The zero-order valence-electron chi connectivity index (χ0n) is 22.4. The topological polar surface area (TPSA) is 193 Å². The minimum absolute atomic E-state index is 0.0113. The molecule has 0 radical (unpaired) electrons. The molecule has 1 saturated heterocycles. The minimum Gasteiger partial charge on any atom is -0.507 e. The number of methoxy groups -OCH3 is 1. The summed E-state index contributed by atoms with van der Waals surface area (Å²) in [6.07, 6.45) is -5.82. The van der Waals surface area contributed by atoms with Crippen LogP contribution < -0.4 is 10.2 Å². The van der Waals surface area contributed by atoms with Crippen LogP contribution in [0.15, 0.2) is 45.6 Å². The molecule has 2 heterocycles. The van der Waals surface area contributed by atoms with Crippen LogP contribution in [-0.4, -0.2) is 75.4 Å². The van der Waals surface area contributed by atoms with Crippen molar-refractivity contribution in [3.63, 3.8) is 0 Å². The number of phenolic OH excluding ortho intramolecular Hbond substituents is 2. The molecule has 0 aliphatic carbocycles. The van der Waals surface area contributed by atoms with E-state index in [4.69, 9.17) is 18.6 Å². The highest BCUT2D eigenvalue weighted by Gasteiger charge is 2.48. The molecule has 12 heteroatoms. The summed E-state index contributed by atoms with van der Waals surface area (Å²) < 4.78 is 22.2. The van der Waals surface area contributed by atoms with E-state index >= 15 is 0 Å². The molecule has 1 fully saturated rings. The summed E-state index contributed by atoms with van der Waals surface area (Å²) in [5.41, 5.74) is -0.0276. The van der Waals surface area contributed by atoms with Crippen LogP contribution >= 0.6 is 0 Å². The molecule has 5 atom stereocenters. The minimum atomic E-state index is -1.79. The van der Waals surface area contributed by atoms with Gasteiger partial charge in [-0.25, -0.2) is 4.79 Å². The second-order valence-corrected chi connectivity index (χ2v) is 9.71. The van der Waals surface area contributed by atoms with Crippen molar-refractivity contribution in [1.82, 2.24) is 0 Å². The first-order chi connectivity index (χ1) is 19.4. The van der Waals surface area contributed by atoms with E-state index in [1.807, 2.05) is 0 Å². The van der Waals surface area contributed by atoms with Crippen molar-refractivity contribution in [2.75, 3.05) is 13.7 Å². The van der Waals surface area contributed by atoms with E-state index in [-0.39, 0.29) is 46.0 Å². The maximum absolute atomic E-state index is 13.0. The summed E-state index contributed by atoms with van der Waals surface area (Å²) in [6.45, 7) is 2.14. The quantitative estimate of drug-likeness (QED) is 0.194. The number of ketones is 1. The number of aliphatic hydroxyl groups excluding tert-OH is 3. The maximum Gasteiger partial charge on any atom is 0.331 e. The number of ether oxygens (including phenoxy) is 3. The Morgan fingerprint density at radius 3 is 2.46 bits per heavy atom. The second-order valence-electron chi connectivity index (χ2n) is 9.71. The molecule has 0 spiro atoms. The van der Waals surface area contributed by atoms with E-state index < -0.39 is 54.3 Å². The number of rotatable bonds is 8. The maximum atomic E-state index is 13.0. The Hall–Kier alpha value is -4.23. The Kier molecular flexibility index (Phi) is 8.78. The van der Waals surface area contributed by atoms with Gasteiger partial charge in [0.25, 0.3) is 0 Å². The van der Waals surface area contributed by atoms with Gasteiger partial charge >= 0.3 is 5.97 Å². The van der Waals surface area contributed by atoms with E-state index in [1.165, 1.54) is 44.4 Å². The average Bonchev–Trinajstić information content (AvgIpc) is 2.91. The molecule has 1 aliphatic heterocycles. The first-order valence-electron chi connectivity index (χ1n) is 12.6. The Labute approximate surface area is 233 Å². The molecule has 4 rings (SSSR count). The molecule has 41 heavy (non-hydrogen) atoms. The van der Waals surface area contributed by atoms with Crippen LogP contribution in [-0.2, 0) is 25.5 Å². The van der Waals surface area contributed by atoms with Crippen LogP contribution in [0.2, 0.25) is 0 Å². The zero-order chi connectivity index (χ0) is 30.0. The highest BCUT2D eigenvalue weighted by molar-refractivity contribution is 5.88. The number of hydrogen-bond donors (Lipinski definition) is 5. The van der Waals surface area contributed by atoms with Gasteiger partial charge in [-0.05, 0) is 49.2 Å². The third-order valence-corrected chi connectivity index (χ3v) is 6.71. The van der Waals surface area contributed by atoms with Gasteiger partial charge in [-0.15, -0.1) is 0 Å².